The van der Waals surface area contributed by atoms with Crippen molar-refractivity contribution in [1.82, 2.24) is 5.32 Å². The summed E-state index contributed by atoms with van der Waals surface area (Å²) in [4.78, 5) is 12.2. The van der Waals surface area contributed by atoms with E-state index in [2.05, 4.69) is 5.32 Å². The summed E-state index contributed by atoms with van der Waals surface area (Å²) in [5, 5.41) is 9.98. The van der Waals surface area contributed by atoms with Gasteiger partial charge in [-0.15, -0.1) is 0 Å². The highest BCUT2D eigenvalue weighted by molar-refractivity contribution is 7.89. The lowest BCUT2D eigenvalue weighted by Crippen LogP contribution is -2.28. The van der Waals surface area contributed by atoms with Gasteiger partial charge in [0.05, 0.1) is 24.1 Å². The minimum absolute atomic E-state index is 0.0831. The molecule has 3 aromatic rings. The topological polar surface area (TPSA) is 108 Å². The number of rotatable bonds is 7. The van der Waals surface area contributed by atoms with E-state index in [-0.39, 0.29) is 29.4 Å². The van der Waals surface area contributed by atoms with Crippen LogP contribution in [0.4, 0.5) is 0 Å². The van der Waals surface area contributed by atoms with Crippen LogP contribution in [0.5, 0.6) is 11.5 Å². The standard InChI is InChI=1S/C20H20N2O5S/c1-26-19-9-8-17(28(21,24)25)13-18(19)20(23)22-10-11-27-16-7-6-14-4-2-3-5-15(14)12-16/h2-9,12-13H,10-11H2,1H3,(H,22,23)(H2,21,24,25). The number of carbonyl (C=O) groups excluding carboxylic acids is 1. The summed E-state index contributed by atoms with van der Waals surface area (Å²) in [6, 6.07) is 17.6. The molecule has 0 spiro atoms. The molecule has 0 fully saturated rings. The van der Waals surface area contributed by atoms with Crippen LogP contribution in [0.1, 0.15) is 10.4 Å². The first-order chi connectivity index (χ1) is 13.4. The Kier molecular flexibility index (Phi) is 5.81. The van der Waals surface area contributed by atoms with Gasteiger partial charge in [-0.05, 0) is 41.1 Å². The lowest BCUT2D eigenvalue weighted by molar-refractivity contribution is 0.0943. The van der Waals surface area contributed by atoms with Crippen LogP contribution in [0.25, 0.3) is 10.8 Å². The van der Waals surface area contributed by atoms with Crippen LogP contribution in [-0.4, -0.2) is 34.6 Å². The van der Waals surface area contributed by atoms with Gasteiger partial charge in [-0.2, -0.15) is 0 Å². The van der Waals surface area contributed by atoms with Crippen molar-refractivity contribution in [3.63, 3.8) is 0 Å². The smallest absolute Gasteiger partial charge is 0.255 e. The van der Waals surface area contributed by atoms with Gasteiger partial charge in [-0.1, -0.05) is 30.3 Å². The highest BCUT2D eigenvalue weighted by atomic mass is 32.2. The largest absolute Gasteiger partial charge is 0.496 e. The Morgan fingerprint density at radius 2 is 1.79 bits per heavy atom. The molecule has 3 aromatic carbocycles. The minimum Gasteiger partial charge on any atom is -0.496 e. The summed E-state index contributed by atoms with van der Waals surface area (Å²) >= 11 is 0. The van der Waals surface area contributed by atoms with Gasteiger partial charge in [0.25, 0.3) is 5.91 Å². The third-order valence-electron chi connectivity index (χ3n) is 4.12. The Morgan fingerprint density at radius 1 is 1.04 bits per heavy atom. The quantitative estimate of drug-likeness (QED) is 0.592. The normalized spacial score (nSPS) is 11.2. The predicted octanol–water partition coefficient (Wildman–Crippen LogP) is 2.30. The number of hydrogen-bond acceptors (Lipinski definition) is 5. The van der Waals surface area contributed by atoms with Crippen LogP contribution in [-0.2, 0) is 10.0 Å². The van der Waals surface area contributed by atoms with E-state index in [0.29, 0.717) is 5.75 Å². The Hall–Kier alpha value is -3.10. The number of amides is 1. The SMILES string of the molecule is COc1ccc(S(N)(=O)=O)cc1C(=O)NCCOc1ccc2ccccc2c1. The number of nitrogens with two attached hydrogens (primary N) is 1. The lowest BCUT2D eigenvalue weighted by Gasteiger charge is -2.11. The third kappa shape index (κ3) is 4.59. The molecule has 0 saturated carbocycles. The summed E-state index contributed by atoms with van der Waals surface area (Å²) in [5.74, 6) is 0.464. The first-order valence-corrected chi connectivity index (χ1v) is 10.0. The van der Waals surface area contributed by atoms with E-state index in [4.69, 9.17) is 14.6 Å². The second-order valence-electron chi connectivity index (χ2n) is 6.02. The second kappa shape index (κ2) is 8.28. The Morgan fingerprint density at radius 3 is 2.50 bits per heavy atom. The first-order valence-electron chi connectivity index (χ1n) is 8.49. The highest BCUT2D eigenvalue weighted by Crippen LogP contribution is 2.22. The van der Waals surface area contributed by atoms with E-state index in [1.807, 2.05) is 42.5 Å². The van der Waals surface area contributed by atoms with Crippen LogP contribution in [0.2, 0.25) is 0 Å². The van der Waals surface area contributed by atoms with Gasteiger partial charge in [0, 0.05) is 0 Å². The molecule has 8 heteroatoms. The van der Waals surface area contributed by atoms with Crippen molar-refractivity contribution in [2.45, 2.75) is 4.90 Å². The minimum atomic E-state index is -3.92. The highest BCUT2D eigenvalue weighted by Gasteiger charge is 2.17. The van der Waals surface area contributed by atoms with Crippen molar-refractivity contribution in [2.75, 3.05) is 20.3 Å². The number of primary sulfonamides is 1. The second-order valence-corrected chi connectivity index (χ2v) is 7.58. The molecule has 0 aliphatic carbocycles. The Bertz CT molecular complexity index is 1110. The van der Waals surface area contributed by atoms with Crippen molar-refractivity contribution >= 4 is 26.7 Å². The van der Waals surface area contributed by atoms with Crippen molar-refractivity contribution in [1.29, 1.82) is 0 Å². The molecule has 3 N–H and O–H groups in total. The van der Waals surface area contributed by atoms with Gasteiger partial charge in [0.2, 0.25) is 10.0 Å². The molecule has 0 aromatic heterocycles. The molecule has 0 unspecified atom stereocenters. The van der Waals surface area contributed by atoms with Gasteiger partial charge < -0.3 is 14.8 Å². The molecule has 3 rings (SSSR count). The summed E-state index contributed by atoms with van der Waals surface area (Å²) in [5.41, 5.74) is 0.0831. The molecular formula is C20H20N2O5S. The van der Waals surface area contributed by atoms with Gasteiger partial charge in [0.15, 0.2) is 0 Å². The van der Waals surface area contributed by atoms with Crippen molar-refractivity contribution in [3.05, 3.63) is 66.2 Å². The monoisotopic (exact) mass is 400 g/mol. The summed E-state index contributed by atoms with van der Waals surface area (Å²) in [7, 11) is -2.53. The molecular weight excluding hydrogens is 380 g/mol. The van der Waals surface area contributed by atoms with Crippen molar-refractivity contribution in [2.24, 2.45) is 5.14 Å². The molecule has 0 aliphatic heterocycles. The van der Waals surface area contributed by atoms with Gasteiger partial charge in [-0.3, -0.25) is 4.79 Å². The van der Waals surface area contributed by atoms with Gasteiger partial charge in [-0.25, -0.2) is 13.6 Å². The number of nitrogens with one attached hydrogen (secondary N) is 1. The van der Waals surface area contributed by atoms with Crippen LogP contribution in [0.15, 0.2) is 65.6 Å². The maximum absolute atomic E-state index is 12.4. The maximum Gasteiger partial charge on any atom is 0.255 e. The number of methoxy groups -OCH3 is 1. The zero-order valence-corrected chi connectivity index (χ0v) is 16.0. The molecule has 146 valence electrons. The van der Waals surface area contributed by atoms with Crippen LogP contribution in [0.3, 0.4) is 0 Å². The average Bonchev–Trinajstić information content (AvgIpc) is 2.69. The molecule has 0 atom stereocenters. The van der Waals surface area contributed by atoms with E-state index in [1.165, 1.54) is 25.3 Å². The lowest BCUT2D eigenvalue weighted by atomic mass is 10.1. The van der Waals surface area contributed by atoms with Gasteiger partial charge >= 0.3 is 0 Å². The molecule has 0 heterocycles. The molecule has 0 bridgehead atoms. The summed E-state index contributed by atoms with van der Waals surface area (Å²) in [6.07, 6.45) is 0. The fraction of sp³-hybridized carbons (Fsp3) is 0.150. The van der Waals surface area contributed by atoms with Crippen molar-refractivity contribution in [3.8, 4) is 11.5 Å². The number of hydrogen-bond donors (Lipinski definition) is 2. The van der Waals surface area contributed by atoms with Crippen LogP contribution >= 0.6 is 0 Å². The number of carbonyl (C=O) groups is 1. The first kappa shape index (κ1) is 19.7. The van der Waals surface area contributed by atoms with Crippen molar-refractivity contribution < 1.29 is 22.7 Å². The van der Waals surface area contributed by atoms with Gasteiger partial charge in [0.1, 0.15) is 18.1 Å². The molecule has 1 amide bonds. The molecule has 0 aliphatic rings. The third-order valence-corrected chi connectivity index (χ3v) is 5.03. The van der Waals surface area contributed by atoms with Crippen LogP contribution < -0.4 is 19.9 Å². The molecule has 0 saturated heterocycles. The fourth-order valence-corrected chi connectivity index (χ4v) is 3.27. The van der Waals surface area contributed by atoms with E-state index >= 15 is 0 Å². The number of sulfonamides is 1. The molecule has 0 radical (unpaired) electrons. The summed E-state index contributed by atoms with van der Waals surface area (Å²) in [6.45, 7) is 0.482. The Balaban J connectivity index is 1.62. The number of ether oxygens (including phenoxy) is 2. The Labute approximate surface area is 163 Å². The van der Waals surface area contributed by atoms with E-state index in [9.17, 15) is 13.2 Å². The molecule has 28 heavy (non-hydrogen) atoms. The average molecular weight is 400 g/mol. The number of benzene rings is 3. The van der Waals surface area contributed by atoms with Crippen LogP contribution in [0, 0.1) is 0 Å². The van der Waals surface area contributed by atoms with E-state index in [1.54, 1.807) is 0 Å². The zero-order chi connectivity index (χ0) is 20.1. The zero-order valence-electron chi connectivity index (χ0n) is 15.2. The maximum atomic E-state index is 12.4. The number of fused-ring (bicyclic) bond motifs is 1. The van der Waals surface area contributed by atoms with E-state index < -0.39 is 15.9 Å². The fourth-order valence-electron chi connectivity index (χ4n) is 2.73. The molecule has 7 nitrogen and oxygen atoms in total. The van der Waals surface area contributed by atoms with E-state index in [0.717, 1.165) is 10.8 Å². The predicted molar refractivity (Wildman–Crippen MR) is 106 cm³/mol. The summed E-state index contributed by atoms with van der Waals surface area (Å²) < 4.78 is 33.8.